The first-order valence-electron chi connectivity index (χ1n) is 8.73. The molecule has 9 heteroatoms. The Morgan fingerprint density at radius 1 is 0.964 bits per heavy atom. The van der Waals surface area contributed by atoms with Crippen LogP contribution in [0.25, 0.3) is 5.69 Å². The van der Waals surface area contributed by atoms with Crippen LogP contribution in [-0.4, -0.2) is 54.3 Å². The summed E-state index contributed by atoms with van der Waals surface area (Å²) in [5, 5.41) is 2.09. The van der Waals surface area contributed by atoms with Crippen LogP contribution in [0.15, 0.2) is 65.1 Å². The van der Waals surface area contributed by atoms with Crippen molar-refractivity contribution in [3.05, 3.63) is 70.1 Å². The lowest BCUT2D eigenvalue weighted by atomic mass is 10.3. The lowest BCUT2D eigenvalue weighted by Crippen LogP contribution is -2.50. The van der Waals surface area contributed by atoms with Gasteiger partial charge >= 0.3 is 0 Å². The predicted octanol–water partition coefficient (Wildman–Crippen LogP) is 3.34. The van der Waals surface area contributed by atoms with Crippen molar-refractivity contribution in [2.24, 2.45) is 0 Å². The van der Waals surface area contributed by atoms with Crippen LogP contribution in [0.4, 0.5) is 0 Å². The number of hydrogen-bond donors (Lipinski definition) is 0. The Hall–Kier alpha value is -2.13. The van der Waals surface area contributed by atoms with Gasteiger partial charge in [-0.05, 0) is 35.7 Å². The lowest BCUT2D eigenvalue weighted by molar-refractivity contribution is 0.0703. The van der Waals surface area contributed by atoms with Gasteiger partial charge < -0.3 is 9.47 Å². The van der Waals surface area contributed by atoms with E-state index in [-0.39, 0.29) is 28.9 Å². The van der Waals surface area contributed by atoms with Gasteiger partial charge in [-0.25, -0.2) is 8.42 Å². The molecule has 1 fully saturated rings. The molecule has 2 aromatic heterocycles. The summed E-state index contributed by atoms with van der Waals surface area (Å²) in [6.07, 6.45) is 3.79. The zero-order valence-electron chi connectivity index (χ0n) is 14.9. The maximum atomic E-state index is 13.0. The second-order valence-electron chi connectivity index (χ2n) is 6.35. The minimum absolute atomic E-state index is 0.0755. The van der Waals surface area contributed by atoms with Crippen LogP contribution in [0.2, 0.25) is 5.02 Å². The van der Waals surface area contributed by atoms with Gasteiger partial charge in [-0.3, -0.25) is 4.79 Å². The van der Waals surface area contributed by atoms with Gasteiger partial charge in [-0.1, -0.05) is 23.7 Å². The number of benzene rings is 1. The number of hydrogen-bond acceptors (Lipinski definition) is 4. The molecule has 146 valence electrons. The molecule has 0 N–H and O–H groups in total. The first kappa shape index (κ1) is 19.2. The molecule has 0 atom stereocenters. The maximum Gasteiger partial charge on any atom is 0.266 e. The molecule has 6 nitrogen and oxygen atoms in total. The van der Waals surface area contributed by atoms with Crippen molar-refractivity contribution in [2.75, 3.05) is 26.2 Å². The largest absolute Gasteiger partial charge is 0.335 e. The second-order valence-corrected chi connectivity index (χ2v) is 9.58. The number of carbonyl (C=O) groups is 1. The van der Waals surface area contributed by atoms with E-state index in [9.17, 15) is 13.2 Å². The normalized spacial score (nSPS) is 15.7. The van der Waals surface area contributed by atoms with Crippen molar-refractivity contribution >= 4 is 38.9 Å². The van der Waals surface area contributed by atoms with Crippen molar-refractivity contribution in [3.8, 4) is 5.69 Å². The van der Waals surface area contributed by atoms with Gasteiger partial charge in [-0.2, -0.15) is 4.31 Å². The number of amides is 1. The summed E-state index contributed by atoms with van der Waals surface area (Å²) < 4.78 is 29.0. The van der Waals surface area contributed by atoms with Crippen LogP contribution >= 0.6 is 22.9 Å². The fourth-order valence-corrected chi connectivity index (χ4v) is 6.00. The molecule has 1 saturated heterocycles. The summed E-state index contributed by atoms with van der Waals surface area (Å²) in [5.74, 6) is -0.0755. The van der Waals surface area contributed by atoms with Gasteiger partial charge in [0.25, 0.3) is 5.91 Å². The molecule has 3 aromatic rings. The first-order chi connectivity index (χ1) is 13.5. The molecule has 0 saturated carbocycles. The maximum absolute atomic E-state index is 13.0. The second kappa shape index (κ2) is 7.71. The molecule has 0 spiro atoms. The van der Waals surface area contributed by atoms with E-state index in [1.54, 1.807) is 23.1 Å². The Balaban J connectivity index is 1.49. The standard InChI is InChI=1S/C19H18ClN3O3S2/c20-15-5-1-2-6-17(15)28(25,26)23-12-10-22(11-13-23)19(24)18-16(7-14-27-18)21-8-3-4-9-21/h1-9,14H,10-13H2. The van der Waals surface area contributed by atoms with E-state index in [2.05, 4.69) is 0 Å². The van der Waals surface area contributed by atoms with E-state index < -0.39 is 10.0 Å². The highest BCUT2D eigenvalue weighted by atomic mass is 35.5. The van der Waals surface area contributed by atoms with E-state index in [0.717, 1.165) is 5.69 Å². The van der Waals surface area contributed by atoms with Crippen LogP contribution in [0.1, 0.15) is 9.67 Å². The fourth-order valence-electron chi connectivity index (χ4n) is 3.23. The molecular weight excluding hydrogens is 418 g/mol. The third-order valence-electron chi connectivity index (χ3n) is 4.70. The molecule has 4 rings (SSSR count). The predicted molar refractivity (Wildman–Crippen MR) is 110 cm³/mol. The van der Waals surface area contributed by atoms with E-state index in [0.29, 0.717) is 18.0 Å². The fraction of sp³-hybridized carbons (Fsp3) is 0.211. The topological polar surface area (TPSA) is 62.6 Å². The number of aromatic nitrogens is 1. The summed E-state index contributed by atoms with van der Waals surface area (Å²) in [4.78, 5) is 15.5. The first-order valence-corrected chi connectivity index (χ1v) is 11.4. The van der Waals surface area contributed by atoms with E-state index in [1.807, 2.05) is 40.5 Å². The Morgan fingerprint density at radius 3 is 2.32 bits per heavy atom. The van der Waals surface area contributed by atoms with Crippen LogP contribution in [-0.2, 0) is 10.0 Å². The number of piperazine rings is 1. The summed E-state index contributed by atoms with van der Waals surface area (Å²) in [6, 6.07) is 12.1. The number of sulfonamides is 1. The number of carbonyl (C=O) groups excluding carboxylic acids is 1. The van der Waals surface area contributed by atoms with Crippen molar-refractivity contribution < 1.29 is 13.2 Å². The molecule has 1 amide bonds. The SMILES string of the molecule is O=C(c1sccc1-n1cccc1)N1CCN(S(=O)(=O)c2ccccc2Cl)CC1. The molecule has 0 aliphatic carbocycles. The van der Waals surface area contributed by atoms with Gasteiger partial charge in [0.1, 0.15) is 9.77 Å². The Morgan fingerprint density at radius 2 is 1.64 bits per heavy atom. The molecule has 0 bridgehead atoms. The summed E-state index contributed by atoms with van der Waals surface area (Å²) in [5.41, 5.74) is 0.839. The Bertz CT molecular complexity index is 1090. The van der Waals surface area contributed by atoms with Crippen molar-refractivity contribution in [2.45, 2.75) is 4.90 Å². The molecule has 3 heterocycles. The number of nitrogens with zero attached hydrogens (tertiary/aromatic N) is 3. The van der Waals surface area contributed by atoms with Gasteiger partial charge in [-0.15, -0.1) is 11.3 Å². The van der Waals surface area contributed by atoms with Gasteiger partial charge in [0.15, 0.2) is 0 Å². The third kappa shape index (κ3) is 3.48. The molecule has 0 radical (unpaired) electrons. The van der Waals surface area contributed by atoms with Crippen molar-refractivity contribution in [1.29, 1.82) is 0 Å². The summed E-state index contributed by atoms with van der Waals surface area (Å²) >= 11 is 7.46. The van der Waals surface area contributed by atoms with Gasteiger partial charge in [0, 0.05) is 38.6 Å². The van der Waals surface area contributed by atoms with Gasteiger partial charge in [0.2, 0.25) is 10.0 Å². The highest BCUT2D eigenvalue weighted by Crippen LogP contribution is 2.27. The number of halogens is 1. The molecule has 1 aliphatic rings. The number of thiophene rings is 1. The zero-order valence-corrected chi connectivity index (χ0v) is 17.3. The highest BCUT2D eigenvalue weighted by Gasteiger charge is 2.32. The lowest BCUT2D eigenvalue weighted by Gasteiger charge is -2.34. The molecule has 28 heavy (non-hydrogen) atoms. The molecular formula is C19H18ClN3O3S2. The van der Waals surface area contributed by atoms with Gasteiger partial charge in [0.05, 0.1) is 10.7 Å². The quantitative estimate of drug-likeness (QED) is 0.631. The third-order valence-corrected chi connectivity index (χ3v) is 7.99. The number of rotatable bonds is 4. The van der Waals surface area contributed by atoms with Crippen LogP contribution in [0, 0.1) is 0 Å². The monoisotopic (exact) mass is 435 g/mol. The minimum Gasteiger partial charge on any atom is -0.335 e. The molecule has 0 unspecified atom stereocenters. The highest BCUT2D eigenvalue weighted by molar-refractivity contribution is 7.89. The molecule has 1 aliphatic heterocycles. The van der Waals surface area contributed by atoms with Crippen LogP contribution in [0.3, 0.4) is 0 Å². The Labute approximate surface area is 172 Å². The average Bonchev–Trinajstić information content (AvgIpc) is 3.39. The van der Waals surface area contributed by atoms with Crippen molar-refractivity contribution in [3.63, 3.8) is 0 Å². The van der Waals surface area contributed by atoms with E-state index in [1.165, 1.54) is 21.7 Å². The minimum atomic E-state index is -3.68. The Kier molecular flexibility index (Phi) is 5.29. The smallest absolute Gasteiger partial charge is 0.266 e. The summed E-state index contributed by atoms with van der Waals surface area (Å²) in [7, 11) is -3.68. The average molecular weight is 436 g/mol. The van der Waals surface area contributed by atoms with E-state index >= 15 is 0 Å². The summed E-state index contributed by atoms with van der Waals surface area (Å²) in [6.45, 7) is 1.16. The zero-order chi connectivity index (χ0) is 19.7. The molecule has 1 aromatic carbocycles. The van der Waals surface area contributed by atoms with E-state index in [4.69, 9.17) is 11.6 Å². The van der Waals surface area contributed by atoms with Crippen molar-refractivity contribution in [1.82, 2.24) is 13.8 Å². The van der Waals surface area contributed by atoms with Crippen LogP contribution in [0.5, 0.6) is 0 Å². The van der Waals surface area contributed by atoms with Crippen LogP contribution < -0.4 is 0 Å².